The Bertz CT molecular complexity index is 884. The van der Waals surface area contributed by atoms with Crippen molar-refractivity contribution in [2.45, 2.75) is 19.6 Å². The molecule has 0 saturated heterocycles. The van der Waals surface area contributed by atoms with Crippen LogP contribution in [0.15, 0.2) is 42.5 Å². The molecular weight excluding hydrogens is 369 g/mol. The van der Waals surface area contributed by atoms with Crippen LogP contribution >= 0.6 is 0 Å². The Labute approximate surface area is 161 Å². The Morgan fingerprint density at radius 2 is 1.86 bits per heavy atom. The number of nitro benzene ring substituents is 1. The van der Waals surface area contributed by atoms with Crippen molar-refractivity contribution in [2.75, 3.05) is 19.0 Å². The number of ether oxygens (including phenoxy) is 1. The zero-order valence-electron chi connectivity index (χ0n) is 15.6. The molecule has 0 saturated carbocycles. The third-order valence-electron chi connectivity index (χ3n) is 3.93. The van der Waals surface area contributed by atoms with Crippen molar-refractivity contribution < 1.29 is 23.6 Å². The van der Waals surface area contributed by atoms with Crippen molar-refractivity contribution in [3.8, 4) is 0 Å². The number of carbonyl (C=O) groups is 2. The number of nitrogens with zero attached hydrogens (tertiary/aromatic N) is 2. The minimum absolute atomic E-state index is 0.0163. The second-order valence-corrected chi connectivity index (χ2v) is 6.24. The smallest absolute Gasteiger partial charge is 0.341 e. The molecule has 8 nitrogen and oxygen atoms in total. The Morgan fingerprint density at radius 3 is 2.43 bits per heavy atom. The molecule has 148 valence electrons. The molecule has 0 fully saturated rings. The molecule has 0 aliphatic rings. The molecule has 2 aromatic carbocycles. The number of benzene rings is 2. The normalized spacial score (nSPS) is 11.4. The highest BCUT2D eigenvalue weighted by molar-refractivity contribution is 5.98. The second kappa shape index (κ2) is 8.94. The van der Waals surface area contributed by atoms with Gasteiger partial charge < -0.3 is 15.0 Å². The molecule has 0 aromatic heterocycles. The maximum atomic E-state index is 12.9. The van der Waals surface area contributed by atoms with Gasteiger partial charge in [-0.2, -0.15) is 0 Å². The van der Waals surface area contributed by atoms with Gasteiger partial charge >= 0.3 is 5.97 Å². The lowest BCUT2D eigenvalue weighted by atomic mass is 10.1. The SMILES string of the molecule is C[C@H](OC(=O)c1cc([N+](=O)[O-])ccc1N(C)C)C(=O)NCc1ccc(F)cc1. The number of anilines is 1. The van der Waals surface area contributed by atoms with Crippen LogP contribution < -0.4 is 10.2 Å². The van der Waals surface area contributed by atoms with Crippen LogP contribution in [0.2, 0.25) is 0 Å². The standard InChI is InChI=1S/C19H20FN3O5/c1-12(18(24)21-11-13-4-6-14(20)7-5-13)28-19(25)16-10-15(23(26)27)8-9-17(16)22(2)3/h4-10,12H,11H2,1-3H3,(H,21,24)/t12-/m0/s1. The monoisotopic (exact) mass is 389 g/mol. The van der Waals surface area contributed by atoms with E-state index in [4.69, 9.17) is 4.74 Å². The summed E-state index contributed by atoms with van der Waals surface area (Å²) in [5.74, 6) is -1.78. The summed E-state index contributed by atoms with van der Waals surface area (Å²) in [5, 5.41) is 13.6. The van der Waals surface area contributed by atoms with Gasteiger partial charge in [-0.1, -0.05) is 12.1 Å². The largest absolute Gasteiger partial charge is 0.449 e. The van der Waals surface area contributed by atoms with E-state index in [-0.39, 0.29) is 23.6 Å². The van der Waals surface area contributed by atoms with Crippen LogP contribution in [0.5, 0.6) is 0 Å². The van der Waals surface area contributed by atoms with Crippen LogP contribution in [0, 0.1) is 15.9 Å². The second-order valence-electron chi connectivity index (χ2n) is 6.24. The molecule has 0 unspecified atom stereocenters. The van der Waals surface area contributed by atoms with Gasteiger partial charge in [0.25, 0.3) is 11.6 Å². The fraction of sp³-hybridized carbons (Fsp3) is 0.263. The number of non-ortho nitro benzene ring substituents is 1. The Hall–Kier alpha value is -3.49. The highest BCUT2D eigenvalue weighted by Gasteiger charge is 2.23. The van der Waals surface area contributed by atoms with Crippen LogP contribution in [0.4, 0.5) is 15.8 Å². The molecule has 0 bridgehead atoms. The maximum absolute atomic E-state index is 12.9. The third-order valence-corrected chi connectivity index (χ3v) is 3.93. The van der Waals surface area contributed by atoms with Crippen molar-refractivity contribution in [3.63, 3.8) is 0 Å². The zero-order valence-corrected chi connectivity index (χ0v) is 15.6. The lowest BCUT2D eigenvalue weighted by Gasteiger charge is -2.18. The van der Waals surface area contributed by atoms with Gasteiger partial charge in [-0.3, -0.25) is 14.9 Å². The molecule has 2 rings (SSSR count). The molecule has 1 N–H and O–H groups in total. The molecule has 0 spiro atoms. The van der Waals surface area contributed by atoms with Crippen LogP contribution in [-0.2, 0) is 16.1 Å². The number of amides is 1. The molecule has 0 radical (unpaired) electrons. The van der Waals surface area contributed by atoms with E-state index in [2.05, 4.69) is 5.32 Å². The van der Waals surface area contributed by atoms with E-state index < -0.39 is 22.9 Å². The quantitative estimate of drug-likeness (QED) is 0.444. The van der Waals surface area contributed by atoms with Crippen molar-refractivity contribution >= 4 is 23.3 Å². The number of nitrogens with one attached hydrogen (secondary N) is 1. The number of esters is 1. The fourth-order valence-corrected chi connectivity index (χ4v) is 2.40. The van der Waals surface area contributed by atoms with Crippen LogP contribution in [0.1, 0.15) is 22.8 Å². The van der Waals surface area contributed by atoms with Crippen LogP contribution in [-0.4, -0.2) is 37.0 Å². The Balaban J connectivity index is 2.06. The van der Waals surface area contributed by atoms with Gasteiger partial charge in [-0.05, 0) is 30.7 Å². The first kappa shape index (κ1) is 20.8. The van der Waals surface area contributed by atoms with E-state index in [1.807, 2.05) is 0 Å². The Kier molecular flexibility index (Phi) is 6.64. The van der Waals surface area contributed by atoms with Crippen molar-refractivity contribution in [1.29, 1.82) is 0 Å². The summed E-state index contributed by atoms with van der Waals surface area (Å²) in [5.41, 5.74) is 0.833. The molecule has 28 heavy (non-hydrogen) atoms. The molecule has 2 aromatic rings. The summed E-state index contributed by atoms with van der Waals surface area (Å²) >= 11 is 0. The molecule has 0 heterocycles. The molecule has 1 amide bonds. The summed E-state index contributed by atoms with van der Waals surface area (Å²) in [6, 6.07) is 9.43. The summed E-state index contributed by atoms with van der Waals surface area (Å²) in [6.07, 6.45) is -1.12. The lowest BCUT2D eigenvalue weighted by Crippen LogP contribution is -2.35. The van der Waals surface area contributed by atoms with E-state index in [1.165, 1.54) is 43.3 Å². The van der Waals surface area contributed by atoms with Gasteiger partial charge in [0.1, 0.15) is 5.82 Å². The zero-order chi connectivity index (χ0) is 20.8. The van der Waals surface area contributed by atoms with E-state index in [0.29, 0.717) is 11.3 Å². The first-order chi connectivity index (χ1) is 13.2. The predicted molar refractivity (Wildman–Crippen MR) is 101 cm³/mol. The number of hydrogen-bond acceptors (Lipinski definition) is 6. The first-order valence-corrected chi connectivity index (χ1v) is 8.38. The van der Waals surface area contributed by atoms with Crippen LogP contribution in [0.25, 0.3) is 0 Å². The van der Waals surface area contributed by atoms with Crippen molar-refractivity contribution in [2.24, 2.45) is 0 Å². The fourth-order valence-electron chi connectivity index (χ4n) is 2.40. The first-order valence-electron chi connectivity index (χ1n) is 8.38. The van der Waals surface area contributed by atoms with E-state index in [9.17, 15) is 24.1 Å². The van der Waals surface area contributed by atoms with Crippen molar-refractivity contribution in [3.05, 3.63) is 69.5 Å². The molecule has 9 heteroatoms. The molecule has 1 atom stereocenters. The van der Waals surface area contributed by atoms with Gasteiger partial charge in [0.2, 0.25) is 0 Å². The van der Waals surface area contributed by atoms with Gasteiger partial charge in [0, 0.05) is 32.8 Å². The molecule has 0 aliphatic heterocycles. The topological polar surface area (TPSA) is 102 Å². The number of hydrogen-bond donors (Lipinski definition) is 1. The van der Waals surface area contributed by atoms with Gasteiger partial charge in [0.15, 0.2) is 6.10 Å². The summed E-state index contributed by atoms with van der Waals surface area (Å²) < 4.78 is 18.1. The van der Waals surface area contributed by atoms with E-state index in [0.717, 1.165) is 6.07 Å². The van der Waals surface area contributed by atoms with E-state index in [1.54, 1.807) is 19.0 Å². The van der Waals surface area contributed by atoms with Crippen molar-refractivity contribution in [1.82, 2.24) is 5.32 Å². The lowest BCUT2D eigenvalue weighted by molar-refractivity contribution is -0.384. The maximum Gasteiger partial charge on any atom is 0.341 e. The third kappa shape index (κ3) is 5.26. The summed E-state index contributed by atoms with van der Waals surface area (Å²) in [4.78, 5) is 36.6. The van der Waals surface area contributed by atoms with E-state index >= 15 is 0 Å². The average molecular weight is 389 g/mol. The average Bonchev–Trinajstić information content (AvgIpc) is 2.66. The highest BCUT2D eigenvalue weighted by Crippen LogP contribution is 2.25. The molecular formula is C19H20FN3O5. The summed E-state index contributed by atoms with van der Waals surface area (Å²) in [7, 11) is 3.35. The number of carbonyl (C=O) groups excluding carboxylic acids is 2. The number of halogens is 1. The highest BCUT2D eigenvalue weighted by atomic mass is 19.1. The number of nitro groups is 1. The van der Waals surface area contributed by atoms with Gasteiger partial charge in [0.05, 0.1) is 16.2 Å². The summed E-state index contributed by atoms with van der Waals surface area (Å²) in [6.45, 7) is 1.53. The van der Waals surface area contributed by atoms with Gasteiger partial charge in [-0.15, -0.1) is 0 Å². The minimum atomic E-state index is -1.12. The van der Waals surface area contributed by atoms with Gasteiger partial charge in [-0.25, -0.2) is 9.18 Å². The Morgan fingerprint density at radius 1 is 1.21 bits per heavy atom. The minimum Gasteiger partial charge on any atom is -0.449 e. The number of rotatable bonds is 7. The van der Waals surface area contributed by atoms with Crippen LogP contribution in [0.3, 0.4) is 0 Å². The predicted octanol–water partition coefficient (Wildman–Crippen LogP) is 2.66. The molecule has 0 aliphatic carbocycles.